The van der Waals surface area contributed by atoms with Crippen LogP contribution in [-0.2, 0) is 4.79 Å². The zero-order valence-electron chi connectivity index (χ0n) is 11.4. The predicted molar refractivity (Wildman–Crippen MR) is 75.2 cm³/mol. The monoisotopic (exact) mass is 286 g/mol. The van der Waals surface area contributed by atoms with Gasteiger partial charge in [-0.25, -0.2) is 9.59 Å². The van der Waals surface area contributed by atoms with Crippen LogP contribution < -0.4 is 0 Å². The van der Waals surface area contributed by atoms with Crippen LogP contribution in [0.2, 0.25) is 0 Å². The van der Waals surface area contributed by atoms with Crippen LogP contribution in [0.4, 0.5) is 4.79 Å². The van der Waals surface area contributed by atoms with E-state index >= 15 is 0 Å². The molecular formula is C13H22N2O3S. The fourth-order valence-electron chi connectivity index (χ4n) is 2.84. The summed E-state index contributed by atoms with van der Waals surface area (Å²) in [5, 5.41) is 9.12. The highest BCUT2D eigenvalue weighted by atomic mass is 32.2. The summed E-state index contributed by atoms with van der Waals surface area (Å²) in [4.78, 5) is 26.8. The van der Waals surface area contributed by atoms with Crippen LogP contribution >= 0.6 is 11.8 Å². The van der Waals surface area contributed by atoms with Gasteiger partial charge in [0, 0.05) is 18.8 Å². The van der Waals surface area contributed by atoms with Crippen molar-refractivity contribution in [2.45, 2.75) is 38.6 Å². The molecular weight excluding hydrogens is 264 g/mol. The molecule has 19 heavy (non-hydrogen) atoms. The Kier molecular flexibility index (Phi) is 4.96. The molecule has 1 N–H and O–H groups in total. The Balaban J connectivity index is 1.89. The van der Waals surface area contributed by atoms with Crippen LogP contribution in [0, 0.1) is 5.92 Å². The molecule has 0 aliphatic carbocycles. The average Bonchev–Trinajstić information content (AvgIpc) is 2.88. The fraction of sp³-hybridized carbons (Fsp3) is 0.846. The lowest BCUT2D eigenvalue weighted by Crippen LogP contribution is -2.50. The van der Waals surface area contributed by atoms with Crippen LogP contribution in [0.1, 0.15) is 32.6 Å². The minimum Gasteiger partial charge on any atom is -0.480 e. The SMILES string of the molecule is CCCC1CCN(C(=O)N2CSCC2C(=O)O)CC1. The van der Waals surface area contributed by atoms with Crippen LogP contribution in [-0.4, -0.2) is 57.7 Å². The normalized spacial score (nSPS) is 24.8. The van der Waals surface area contributed by atoms with Crippen molar-refractivity contribution < 1.29 is 14.7 Å². The molecule has 2 rings (SSSR count). The van der Waals surface area contributed by atoms with Crippen LogP contribution in [0.15, 0.2) is 0 Å². The number of carbonyl (C=O) groups is 2. The third kappa shape index (κ3) is 3.35. The van der Waals surface area contributed by atoms with Crippen LogP contribution in [0.5, 0.6) is 0 Å². The summed E-state index contributed by atoms with van der Waals surface area (Å²) in [6.45, 7) is 3.74. The number of hydrogen-bond acceptors (Lipinski definition) is 3. The van der Waals surface area contributed by atoms with E-state index in [-0.39, 0.29) is 6.03 Å². The van der Waals surface area contributed by atoms with E-state index in [4.69, 9.17) is 5.11 Å². The van der Waals surface area contributed by atoms with E-state index in [1.165, 1.54) is 29.5 Å². The minimum absolute atomic E-state index is 0.0904. The second-order valence-corrected chi connectivity index (χ2v) is 6.33. The fourth-order valence-corrected chi connectivity index (χ4v) is 3.98. The van der Waals surface area contributed by atoms with Crippen molar-refractivity contribution in [3.8, 4) is 0 Å². The molecule has 2 saturated heterocycles. The maximum absolute atomic E-state index is 12.4. The quantitative estimate of drug-likeness (QED) is 0.863. The van der Waals surface area contributed by atoms with E-state index in [9.17, 15) is 9.59 Å². The Morgan fingerprint density at radius 1 is 1.32 bits per heavy atom. The first-order chi connectivity index (χ1) is 9.13. The molecule has 2 aliphatic heterocycles. The molecule has 0 bridgehead atoms. The number of thioether (sulfide) groups is 1. The van der Waals surface area contributed by atoms with Crippen molar-refractivity contribution in [2.24, 2.45) is 5.92 Å². The third-order valence-electron chi connectivity index (χ3n) is 4.00. The van der Waals surface area contributed by atoms with E-state index in [2.05, 4.69) is 6.92 Å². The lowest BCUT2D eigenvalue weighted by Gasteiger charge is -2.35. The van der Waals surface area contributed by atoms with E-state index in [1.807, 2.05) is 4.90 Å². The van der Waals surface area contributed by atoms with Gasteiger partial charge in [0.05, 0.1) is 5.88 Å². The van der Waals surface area contributed by atoms with Crippen molar-refractivity contribution in [2.75, 3.05) is 24.7 Å². The number of piperidine rings is 1. The van der Waals surface area contributed by atoms with Crippen molar-refractivity contribution in [1.82, 2.24) is 9.80 Å². The zero-order valence-corrected chi connectivity index (χ0v) is 12.2. The van der Waals surface area contributed by atoms with Crippen molar-refractivity contribution in [1.29, 1.82) is 0 Å². The molecule has 0 aromatic carbocycles. The number of urea groups is 1. The van der Waals surface area contributed by atoms with Gasteiger partial charge in [-0.3, -0.25) is 0 Å². The molecule has 2 fully saturated rings. The van der Waals surface area contributed by atoms with E-state index in [0.717, 1.165) is 31.8 Å². The molecule has 6 heteroatoms. The first kappa shape index (κ1) is 14.5. The maximum Gasteiger partial charge on any atom is 0.327 e. The average molecular weight is 286 g/mol. The van der Waals surface area contributed by atoms with Gasteiger partial charge >= 0.3 is 12.0 Å². The summed E-state index contributed by atoms with van der Waals surface area (Å²) in [6.07, 6.45) is 4.54. The van der Waals surface area contributed by atoms with Gasteiger partial charge in [0.25, 0.3) is 0 Å². The molecule has 5 nitrogen and oxygen atoms in total. The highest BCUT2D eigenvalue weighted by Crippen LogP contribution is 2.26. The molecule has 0 aromatic heterocycles. The summed E-state index contributed by atoms with van der Waals surface area (Å²) in [5.74, 6) is 0.856. The Labute approximate surface area is 118 Å². The standard InChI is InChI=1S/C13H22N2O3S/c1-2-3-10-4-6-14(7-5-10)13(18)15-9-19-8-11(15)12(16)17/h10-11H,2-9H2,1H3,(H,16,17). The van der Waals surface area contributed by atoms with Crippen molar-refractivity contribution in [3.63, 3.8) is 0 Å². The molecule has 0 aromatic rings. The van der Waals surface area contributed by atoms with Gasteiger partial charge in [0.2, 0.25) is 0 Å². The number of amides is 2. The summed E-state index contributed by atoms with van der Waals surface area (Å²) >= 11 is 1.52. The van der Waals surface area contributed by atoms with E-state index in [0.29, 0.717) is 11.6 Å². The van der Waals surface area contributed by atoms with E-state index < -0.39 is 12.0 Å². The van der Waals surface area contributed by atoms with Gasteiger partial charge in [-0.2, -0.15) is 0 Å². The third-order valence-corrected chi connectivity index (χ3v) is 5.01. The Morgan fingerprint density at radius 3 is 2.58 bits per heavy atom. The van der Waals surface area contributed by atoms with Gasteiger partial charge in [-0.15, -0.1) is 11.8 Å². The Morgan fingerprint density at radius 2 is 2.00 bits per heavy atom. The van der Waals surface area contributed by atoms with Gasteiger partial charge in [0.1, 0.15) is 6.04 Å². The molecule has 0 saturated carbocycles. The second-order valence-electron chi connectivity index (χ2n) is 5.33. The lowest BCUT2D eigenvalue weighted by molar-refractivity contribution is -0.141. The summed E-state index contributed by atoms with van der Waals surface area (Å²) < 4.78 is 0. The lowest BCUT2D eigenvalue weighted by atomic mass is 9.93. The second kappa shape index (κ2) is 6.50. The highest BCUT2D eigenvalue weighted by molar-refractivity contribution is 7.99. The predicted octanol–water partition coefficient (Wildman–Crippen LogP) is 2.08. The number of carbonyl (C=O) groups excluding carboxylic acids is 1. The number of likely N-dealkylation sites (tertiary alicyclic amines) is 1. The molecule has 2 amide bonds. The number of aliphatic carboxylic acids is 1. The minimum atomic E-state index is -0.890. The smallest absolute Gasteiger partial charge is 0.327 e. The highest BCUT2D eigenvalue weighted by Gasteiger charge is 2.37. The molecule has 108 valence electrons. The molecule has 0 spiro atoms. The molecule has 1 atom stereocenters. The van der Waals surface area contributed by atoms with Gasteiger partial charge in [0.15, 0.2) is 0 Å². The van der Waals surface area contributed by atoms with E-state index in [1.54, 1.807) is 0 Å². The van der Waals surface area contributed by atoms with Gasteiger partial charge in [-0.1, -0.05) is 19.8 Å². The van der Waals surface area contributed by atoms with Crippen LogP contribution in [0.3, 0.4) is 0 Å². The summed E-state index contributed by atoms with van der Waals surface area (Å²) in [5.41, 5.74) is 0. The summed E-state index contributed by atoms with van der Waals surface area (Å²) in [7, 11) is 0. The largest absolute Gasteiger partial charge is 0.480 e. The van der Waals surface area contributed by atoms with Crippen LogP contribution in [0.25, 0.3) is 0 Å². The maximum atomic E-state index is 12.4. The summed E-state index contributed by atoms with van der Waals surface area (Å²) in [6, 6.07) is -0.738. The van der Waals surface area contributed by atoms with Gasteiger partial charge < -0.3 is 14.9 Å². The number of carboxylic acids is 1. The first-order valence-electron chi connectivity index (χ1n) is 6.99. The van der Waals surface area contributed by atoms with Gasteiger partial charge in [-0.05, 0) is 18.8 Å². The Bertz CT molecular complexity index is 343. The Hall–Kier alpha value is -0.910. The first-order valence-corrected chi connectivity index (χ1v) is 8.15. The number of nitrogens with zero attached hydrogens (tertiary/aromatic N) is 2. The number of hydrogen-bond donors (Lipinski definition) is 1. The molecule has 2 heterocycles. The van der Waals surface area contributed by atoms with Crippen molar-refractivity contribution in [3.05, 3.63) is 0 Å². The zero-order chi connectivity index (χ0) is 13.8. The van der Waals surface area contributed by atoms with Crippen molar-refractivity contribution >= 4 is 23.8 Å². The molecule has 2 aliphatic rings. The molecule has 1 unspecified atom stereocenters. The number of rotatable bonds is 3. The number of carboxylic acid groups (broad SMARTS) is 1. The molecule has 0 radical (unpaired) electrons. The topological polar surface area (TPSA) is 60.9 Å².